The van der Waals surface area contributed by atoms with Crippen LogP contribution in [0.5, 0.6) is 0 Å². The van der Waals surface area contributed by atoms with Gasteiger partial charge in [-0.2, -0.15) is 11.8 Å². The molecule has 2 aromatic rings. The molecule has 4 heterocycles. The fourth-order valence-corrected chi connectivity index (χ4v) is 4.62. The summed E-state index contributed by atoms with van der Waals surface area (Å²) in [6.45, 7) is 0.564. The number of fused-ring (bicyclic) bond motifs is 1. The topological polar surface area (TPSA) is 169 Å². The maximum Gasteiger partial charge on any atom is 0.333 e. The number of ether oxygens (including phenoxy) is 1. The highest BCUT2D eigenvalue weighted by Crippen LogP contribution is 2.33. The van der Waals surface area contributed by atoms with Crippen LogP contribution in [0.4, 0.5) is 5.82 Å². The smallest absolute Gasteiger partial charge is 0.333 e. The van der Waals surface area contributed by atoms with Gasteiger partial charge >= 0.3 is 5.97 Å². The maximum absolute atomic E-state index is 11.8. The van der Waals surface area contributed by atoms with E-state index in [2.05, 4.69) is 20.3 Å². The molecule has 14 heteroatoms. The van der Waals surface area contributed by atoms with Gasteiger partial charge in [0.05, 0.1) is 12.4 Å². The first-order valence-electron chi connectivity index (χ1n) is 11.4. The number of imide groups is 1. The molecule has 2 saturated heterocycles. The van der Waals surface area contributed by atoms with Crippen LogP contribution >= 0.6 is 11.8 Å². The Balaban J connectivity index is 1.25. The van der Waals surface area contributed by atoms with Gasteiger partial charge in [-0.05, 0) is 19.1 Å². The van der Waals surface area contributed by atoms with Gasteiger partial charge in [0.25, 0.3) is 11.8 Å². The highest BCUT2D eigenvalue weighted by molar-refractivity contribution is 7.98. The average molecular weight is 509 g/mol. The molecule has 0 radical (unpaired) electrons. The summed E-state index contributed by atoms with van der Waals surface area (Å²) in [6.07, 6.45) is 3.62. The lowest BCUT2D eigenvalue weighted by Gasteiger charge is -2.16. The second-order valence-corrected chi connectivity index (χ2v) is 9.24. The number of carbonyl (C=O) groups is 3. The van der Waals surface area contributed by atoms with Crippen LogP contribution in [0, 0.1) is 0 Å². The predicted octanol–water partition coefficient (Wildman–Crippen LogP) is 0.388. The summed E-state index contributed by atoms with van der Waals surface area (Å²) < 4.78 is 7.46. The van der Waals surface area contributed by atoms with E-state index in [1.807, 2.05) is 6.26 Å². The Labute approximate surface area is 205 Å². The van der Waals surface area contributed by atoms with Crippen LogP contribution in [0.15, 0.2) is 12.7 Å². The predicted molar refractivity (Wildman–Crippen MR) is 124 cm³/mol. The molecule has 0 aromatic carbocycles. The average Bonchev–Trinajstić information content (AvgIpc) is 3.49. The number of aliphatic hydroxyl groups is 2. The van der Waals surface area contributed by atoms with E-state index < -0.39 is 42.3 Å². The number of hydrogen-bond acceptors (Lipinski definition) is 12. The molecule has 35 heavy (non-hydrogen) atoms. The molecule has 190 valence electrons. The van der Waals surface area contributed by atoms with Gasteiger partial charge in [0.1, 0.15) is 18.5 Å². The number of unbranched alkanes of at least 4 members (excludes halogenated alkanes) is 2. The molecular weight excluding hydrogens is 480 g/mol. The van der Waals surface area contributed by atoms with Crippen LogP contribution in [0.1, 0.15) is 44.8 Å². The van der Waals surface area contributed by atoms with E-state index in [9.17, 15) is 24.6 Å². The molecule has 0 aliphatic carbocycles. The zero-order valence-corrected chi connectivity index (χ0v) is 20.0. The molecular formula is C21H28N6O7S. The number of aromatic nitrogens is 4. The molecule has 0 saturated carbocycles. The lowest BCUT2D eigenvalue weighted by Crippen LogP contribution is -2.32. The summed E-state index contributed by atoms with van der Waals surface area (Å²) in [4.78, 5) is 52.5. The summed E-state index contributed by atoms with van der Waals surface area (Å²) in [5.41, 5.74) is 0.979. The first-order chi connectivity index (χ1) is 16.9. The van der Waals surface area contributed by atoms with Gasteiger partial charge in [-0.3, -0.25) is 14.2 Å². The molecule has 4 atom stereocenters. The third-order valence-corrected chi connectivity index (χ3v) is 6.51. The Hall–Kier alpha value is -2.81. The standard InChI is InChI=1S/C21H28N6O7S/c1-35-9-12-17(31)18(32)21(33-12)26-11-25-16-19(23-10-24-20(16)26)22-8-4-2-3-5-15(30)34-27-13(28)6-7-14(27)29/h10-12,17-18,21,31-32H,2-9H2,1H3,(H,22,23,24)/t12-,17-,18-,21-/m1/s1. The third-order valence-electron chi connectivity index (χ3n) is 5.85. The highest BCUT2D eigenvalue weighted by atomic mass is 32.2. The quantitative estimate of drug-likeness (QED) is 0.282. The molecule has 13 nitrogen and oxygen atoms in total. The van der Waals surface area contributed by atoms with Crippen molar-refractivity contribution in [2.24, 2.45) is 0 Å². The summed E-state index contributed by atoms with van der Waals surface area (Å²) in [5, 5.41) is 24.5. The van der Waals surface area contributed by atoms with Gasteiger partial charge in [0, 0.05) is 31.6 Å². The van der Waals surface area contributed by atoms with E-state index in [0.29, 0.717) is 47.2 Å². The van der Waals surface area contributed by atoms with E-state index >= 15 is 0 Å². The van der Waals surface area contributed by atoms with Crippen molar-refractivity contribution < 1.29 is 34.2 Å². The molecule has 0 spiro atoms. The second-order valence-electron chi connectivity index (χ2n) is 8.33. The second kappa shape index (κ2) is 11.3. The highest BCUT2D eigenvalue weighted by Gasteiger charge is 2.44. The van der Waals surface area contributed by atoms with Crippen molar-refractivity contribution in [1.29, 1.82) is 0 Å². The van der Waals surface area contributed by atoms with Crippen LogP contribution in [-0.4, -0.2) is 89.4 Å². The van der Waals surface area contributed by atoms with Gasteiger partial charge in [-0.15, -0.1) is 5.06 Å². The molecule has 2 aliphatic rings. The zero-order valence-electron chi connectivity index (χ0n) is 19.2. The minimum Gasteiger partial charge on any atom is -0.387 e. The molecule has 0 unspecified atom stereocenters. The first kappa shape index (κ1) is 25.3. The fraction of sp³-hybridized carbons (Fsp3) is 0.619. The molecule has 2 amide bonds. The van der Waals surface area contributed by atoms with E-state index in [-0.39, 0.29) is 19.3 Å². The van der Waals surface area contributed by atoms with Crippen LogP contribution in [0.3, 0.4) is 0 Å². The Morgan fingerprint density at radius 1 is 1.17 bits per heavy atom. The minimum absolute atomic E-state index is 0.0705. The number of hydroxylamine groups is 2. The summed E-state index contributed by atoms with van der Waals surface area (Å²) >= 11 is 1.52. The van der Waals surface area contributed by atoms with Gasteiger partial charge in [-0.25, -0.2) is 19.7 Å². The lowest BCUT2D eigenvalue weighted by molar-refractivity contribution is -0.197. The molecule has 3 N–H and O–H groups in total. The van der Waals surface area contributed by atoms with Crippen molar-refractivity contribution in [2.45, 2.75) is 63.1 Å². The third kappa shape index (κ3) is 5.55. The van der Waals surface area contributed by atoms with Gasteiger partial charge in [0.15, 0.2) is 23.2 Å². The summed E-state index contributed by atoms with van der Waals surface area (Å²) in [7, 11) is 0. The number of rotatable bonds is 11. The van der Waals surface area contributed by atoms with Crippen molar-refractivity contribution in [1.82, 2.24) is 24.6 Å². The first-order valence-corrected chi connectivity index (χ1v) is 12.8. The Bertz CT molecular complexity index is 1070. The number of hydrogen-bond donors (Lipinski definition) is 3. The number of nitrogens with zero attached hydrogens (tertiary/aromatic N) is 5. The van der Waals surface area contributed by atoms with Crippen LogP contribution in [0.2, 0.25) is 0 Å². The Morgan fingerprint density at radius 2 is 1.94 bits per heavy atom. The molecule has 2 aromatic heterocycles. The molecule has 2 aliphatic heterocycles. The number of thioether (sulfide) groups is 1. The van der Waals surface area contributed by atoms with Crippen molar-refractivity contribution >= 4 is 46.5 Å². The van der Waals surface area contributed by atoms with Gasteiger partial charge in [-0.1, -0.05) is 6.42 Å². The van der Waals surface area contributed by atoms with Gasteiger partial charge < -0.3 is 25.1 Å². The molecule has 4 rings (SSSR count). The van der Waals surface area contributed by atoms with Gasteiger partial charge in [0.2, 0.25) is 0 Å². The SMILES string of the molecule is CSC[C@H]1O[C@@H](n2cnc3c(NCCCCCC(=O)ON4C(=O)CCC4=O)ncnc32)[C@H](O)[C@@H]1O. The number of amides is 2. The Morgan fingerprint density at radius 3 is 2.69 bits per heavy atom. The maximum atomic E-state index is 11.8. The van der Waals surface area contributed by atoms with Crippen LogP contribution in [0.25, 0.3) is 11.2 Å². The lowest BCUT2D eigenvalue weighted by atomic mass is 10.1. The summed E-state index contributed by atoms with van der Waals surface area (Å²) in [6, 6.07) is 0. The van der Waals surface area contributed by atoms with Crippen LogP contribution < -0.4 is 5.32 Å². The largest absolute Gasteiger partial charge is 0.387 e. The van der Waals surface area contributed by atoms with Crippen molar-refractivity contribution in [3.63, 3.8) is 0 Å². The van der Waals surface area contributed by atoms with Crippen molar-refractivity contribution in [3.05, 3.63) is 12.7 Å². The zero-order chi connectivity index (χ0) is 24.9. The number of anilines is 1. The molecule has 2 fully saturated rings. The van der Waals surface area contributed by atoms with E-state index in [4.69, 9.17) is 9.57 Å². The molecule has 0 bridgehead atoms. The number of carbonyl (C=O) groups excluding carboxylic acids is 3. The number of aliphatic hydroxyl groups excluding tert-OH is 2. The van der Waals surface area contributed by atoms with E-state index in [1.54, 1.807) is 4.57 Å². The normalized spacial score (nSPS) is 24.5. The fourth-order valence-electron chi connectivity index (χ4n) is 4.01. The monoisotopic (exact) mass is 508 g/mol. The number of imidazole rings is 1. The van der Waals surface area contributed by atoms with E-state index in [1.165, 1.54) is 24.4 Å². The summed E-state index contributed by atoms with van der Waals surface area (Å²) in [5.74, 6) is -0.513. The van der Waals surface area contributed by atoms with Crippen molar-refractivity contribution in [3.8, 4) is 0 Å². The number of nitrogens with one attached hydrogen (secondary N) is 1. The minimum atomic E-state index is -1.11. The van der Waals surface area contributed by atoms with Crippen molar-refractivity contribution in [2.75, 3.05) is 23.9 Å². The van der Waals surface area contributed by atoms with E-state index in [0.717, 1.165) is 6.42 Å². The van der Waals surface area contributed by atoms with Crippen LogP contribution in [-0.2, 0) is 24.0 Å². The Kier molecular flexibility index (Phi) is 8.15.